The van der Waals surface area contributed by atoms with Crippen LogP contribution in [0.15, 0.2) is 0 Å². The molecule has 11 nitrogen and oxygen atoms in total. The van der Waals surface area contributed by atoms with E-state index in [9.17, 15) is 4.79 Å². The minimum Gasteiger partial charge on any atom is -0.350 e. The molecule has 6 fully saturated rings. The average Bonchev–Trinajstić information content (AvgIpc) is 3.47. The van der Waals surface area contributed by atoms with E-state index in [0.29, 0.717) is 31.2 Å². The van der Waals surface area contributed by atoms with Gasteiger partial charge in [-0.05, 0) is 25.8 Å². The van der Waals surface area contributed by atoms with E-state index in [-0.39, 0.29) is 29.4 Å². The van der Waals surface area contributed by atoms with E-state index in [0.717, 1.165) is 45.8 Å². The van der Waals surface area contributed by atoms with Crippen molar-refractivity contribution < 1.29 is 4.79 Å². The number of alkyl halides is 1. The third-order valence-corrected chi connectivity index (χ3v) is 9.50. The van der Waals surface area contributed by atoms with Gasteiger partial charge in [0.05, 0.1) is 29.7 Å². The SMILES string of the molecule is NC1NN2CC(Cl)CNC2C1C(=O)NC1CNCCC1N1CCC(N2CCN3CNCC3C2)CC1. The van der Waals surface area contributed by atoms with E-state index in [1.807, 2.05) is 5.01 Å². The maximum Gasteiger partial charge on any atom is 0.229 e. The quantitative estimate of drug-likeness (QED) is 0.220. The number of hydrogen-bond donors (Lipinski definition) is 6. The molecule has 0 aromatic carbocycles. The molecule has 6 heterocycles. The van der Waals surface area contributed by atoms with Crippen molar-refractivity contribution in [3.8, 4) is 0 Å². The zero-order valence-electron chi connectivity index (χ0n) is 20.7. The number of fused-ring (bicyclic) bond motifs is 2. The molecule has 6 rings (SSSR count). The summed E-state index contributed by atoms with van der Waals surface area (Å²) in [4.78, 5) is 21.4. The second-order valence-electron chi connectivity index (χ2n) is 11.3. The fourth-order valence-electron chi connectivity index (χ4n) is 7.29. The lowest BCUT2D eigenvalue weighted by Crippen LogP contribution is -2.64. The Hall–Kier alpha value is -0.600. The van der Waals surface area contributed by atoms with Crippen molar-refractivity contribution in [2.45, 2.75) is 61.1 Å². The van der Waals surface area contributed by atoms with Crippen molar-refractivity contribution in [2.24, 2.45) is 11.7 Å². The van der Waals surface area contributed by atoms with Gasteiger partial charge in [0, 0.05) is 83.7 Å². The summed E-state index contributed by atoms with van der Waals surface area (Å²) in [6.45, 7) is 11.2. The molecule has 12 heteroatoms. The lowest BCUT2D eigenvalue weighted by atomic mass is 9.93. The van der Waals surface area contributed by atoms with E-state index in [2.05, 4.69) is 41.4 Å². The number of hydrogen-bond acceptors (Lipinski definition) is 10. The van der Waals surface area contributed by atoms with E-state index in [4.69, 9.17) is 17.3 Å². The van der Waals surface area contributed by atoms with Gasteiger partial charge in [0.25, 0.3) is 0 Å². The Morgan fingerprint density at radius 2 is 1.74 bits per heavy atom. The zero-order valence-corrected chi connectivity index (χ0v) is 21.4. The van der Waals surface area contributed by atoms with Crippen LogP contribution in [0, 0.1) is 5.92 Å². The fourth-order valence-corrected chi connectivity index (χ4v) is 7.53. The highest BCUT2D eigenvalue weighted by molar-refractivity contribution is 6.21. The summed E-state index contributed by atoms with van der Waals surface area (Å²) >= 11 is 6.30. The van der Waals surface area contributed by atoms with Gasteiger partial charge >= 0.3 is 0 Å². The second kappa shape index (κ2) is 10.6. The number of nitrogens with zero attached hydrogens (tertiary/aromatic N) is 4. The van der Waals surface area contributed by atoms with Gasteiger partial charge in [-0.15, -0.1) is 11.6 Å². The first-order valence-electron chi connectivity index (χ1n) is 13.7. The summed E-state index contributed by atoms with van der Waals surface area (Å²) < 4.78 is 0. The van der Waals surface area contributed by atoms with Gasteiger partial charge in [-0.2, -0.15) is 0 Å². The van der Waals surface area contributed by atoms with Crippen LogP contribution in [0.1, 0.15) is 19.3 Å². The number of rotatable bonds is 4. The van der Waals surface area contributed by atoms with Crippen molar-refractivity contribution >= 4 is 17.5 Å². The highest BCUT2D eigenvalue weighted by atomic mass is 35.5. The maximum atomic E-state index is 13.4. The molecule has 1 amide bonds. The first-order valence-corrected chi connectivity index (χ1v) is 14.1. The van der Waals surface area contributed by atoms with Crippen LogP contribution in [0.3, 0.4) is 0 Å². The summed E-state index contributed by atoms with van der Waals surface area (Å²) in [5.74, 6) is -0.300. The molecule has 0 bridgehead atoms. The monoisotopic (exact) mass is 510 g/mol. The van der Waals surface area contributed by atoms with E-state index < -0.39 is 6.17 Å². The van der Waals surface area contributed by atoms with Crippen molar-refractivity contribution in [3.05, 3.63) is 0 Å². The number of nitrogens with two attached hydrogens (primary N) is 1. The lowest BCUT2D eigenvalue weighted by Gasteiger charge is -2.47. The smallest absolute Gasteiger partial charge is 0.229 e. The number of hydrazine groups is 1. The van der Waals surface area contributed by atoms with Gasteiger partial charge < -0.3 is 21.7 Å². The van der Waals surface area contributed by atoms with Crippen molar-refractivity contribution in [1.82, 2.24) is 46.4 Å². The third-order valence-electron chi connectivity index (χ3n) is 9.21. The van der Waals surface area contributed by atoms with Crippen molar-refractivity contribution in [2.75, 3.05) is 72.1 Å². The van der Waals surface area contributed by atoms with Gasteiger partial charge in [-0.1, -0.05) is 0 Å². The summed E-state index contributed by atoms with van der Waals surface area (Å²) in [5.41, 5.74) is 9.60. The van der Waals surface area contributed by atoms with Gasteiger partial charge in [-0.3, -0.25) is 24.8 Å². The molecule has 7 atom stereocenters. The van der Waals surface area contributed by atoms with Gasteiger partial charge in [0.15, 0.2) is 0 Å². The summed E-state index contributed by atoms with van der Waals surface area (Å²) in [7, 11) is 0. The van der Waals surface area contributed by atoms with Crippen LogP contribution in [0.25, 0.3) is 0 Å². The lowest BCUT2D eigenvalue weighted by molar-refractivity contribution is -0.128. The molecule has 35 heavy (non-hydrogen) atoms. The normalized spacial score (nSPS) is 42.6. The Morgan fingerprint density at radius 1 is 0.914 bits per heavy atom. The highest BCUT2D eigenvalue weighted by Gasteiger charge is 2.47. The number of piperazine rings is 1. The predicted molar refractivity (Wildman–Crippen MR) is 135 cm³/mol. The molecule has 7 N–H and O–H groups in total. The molecule has 0 aromatic heterocycles. The molecule has 6 saturated heterocycles. The fraction of sp³-hybridized carbons (Fsp3) is 0.957. The topological polar surface area (TPSA) is 116 Å². The average molecular weight is 511 g/mol. The number of carbonyl (C=O) groups is 1. The van der Waals surface area contributed by atoms with Gasteiger partial charge in [0.2, 0.25) is 5.91 Å². The molecule has 0 radical (unpaired) electrons. The zero-order chi connectivity index (χ0) is 23.9. The molecule has 0 spiro atoms. The van der Waals surface area contributed by atoms with Crippen LogP contribution < -0.4 is 32.4 Å². The van der Waals surface area contributed by atoms with Crippen LogP contribution in [0.2, 0.25) is 0 Å². The number of nitrogens with one attached hydrogen (secondary N) is 5. The van der Waals surface area contributed by atoms with E-state index in [1.54, 1.807) is 0 Å². The summed E-state index contributed by atoms with van der Waals surface area (Å²) in [5, 5.41) is 15.8. The minimum absolute atomic E-state index is 0.0151. The van der Waals surface area contributed by atoms with Crippen LogP contribution in [-0.2, 0) is 4.79 Å². The molecule has 6 aliphatic rings. The van der Waals surface area contributed by atoms with Crippen LogP contribution in [-0.4, -0.2) is 140 Å². The van der Waals surface area contributed by atoms with Gasteiger partial charge in [-0.25, -0.2) is 10.4 Å². The number of carbonyl (C=O) groups excluding carboxylic acids is 1. The second-order valence-corrected chi connectivity index (χ2v) is 11.9. The maximum absolute atomic E-state index is 13.4. The number of piperidine rings is 2. The number of likely N-dealkylation sites (tertiary alicyclic amines) is 1. The first-order chi connectivity index (χ1) is 17.1. The van der Waals surface area contributed by atoms with E-state index in [1.165, 1.54) is 32.5 Å². The Bertz CT molecular complexity index is 754. The standard InChI is InChI=1S/C23H43ClN10O/c24-15-9-28-22-20(21(25)30-34(22)12-15)23(35)29-18-11-26-4-1-19(18)31-5-2-16(3-6-31)32-7-8-33-14-27-10-17(33)13-32/h15-22,26-28,30H,1-14,25H2,(H,29,35). The Kier molecular flexibility index (Phi) is 7.52. The van der Waals surface area contributed by atoms with Crippen molar-refractivity contribution in [1.29, 1.82) is 0 Å². The molecule has 0 saturated carbocycles. The molecule has 6 aliphatic heterocycles. The molecule has 198 valence electrons. The summed E-state index contributed by atoms with van der Waals surface area (Å²) in [6.07, 6.45) is 3.00. The molecule has 0 aromatic rings. The molecular weight excluding hydrogens is 468 g/mol. The Labute approximate surface area is 213 Å². The number of amides is 1. The van der Waals surface area contributed by atoms with Crippen LogP contribution >= 0.6 is 11.6 Å². The van der Waals surface area contributed by atoms with E-state index >= 15 is 0 Å². The largest absolute Gasteiger partial charge is 0.350 e. The Balaban J connectivity index is 1.04. The predicted octanol–water partition coefficient (Wildman–Crippen LogP) is -2.90. The number of halogens is 1. The van der Waals surface area contributed by atoms with Crippen LogP contribution in [0.5, 0.6) is 0 Å². The molecule has 0 aliphatic carbocycles. The third kappa shape index (κ3) is 5.09. The van der Waals surface area contributed by atoms with Crippen molar-refractivity contribution in [3.63, 3.8) is 0 Å². The summed E-state index contributed by atoms with van der Waals surface area (Å²) in [6, 6.07) is 1.87. The minimum atomic E-state index is -0.407. The first kappa shape index (κ1) is 24.7. The molecular formula is C23H43ClN10O. The molecule has 7 unspecified atom stereocenters. The highest BCUT2D eigenvalue weighted by Crippen LogP contribution is 2.26. The Morgan fingerprint density at radius 3 is 2.60 bits per heavy atom. The van der Waals surface area contributed by atoms with Gasteiger partial charge in [0.1, 0.15) is 0 Å². The van der Waals surface area contributed by atoms with Crippen LogP contribution in [0.4, 0.5) is 0 Å².